The van der Waals surface area contributed by atoms with Crippen LogP contribution >= 0.6 is 11.6 Å². The maximum absolute atomic E-state index is 13.4. The average Bonchev–Trinajstić information content (AvgIpc) is 3.61. The van der Waals surface area contributed by atoms with Gasteiger partial charge in [0.2, 0.25) is 0 Å². The summed E-state index contributed by atoms with van der Waals surface area (Å²) >= 11 is 6.59. The summed E-state index contributed by atoms with van der Waals surface area (Å²) in [4.78, 5) is 24.3. The Labute approximate surface area is 236 Å². The van der Waals surface area contributed by atoms with Crippen LogP contribution in [0.15, 0.2) is 72.3 Å². The first-order valence-corrected chi connectivity index (χ1v) is 13.6. The summed E-state index contributed by atoms with van der Waals surface area (Å²) in [5, 5.41) is 16.6. The van der Waals surface area contributed by atoms with Crippen molar-refractivity contribution in [2.75, 3.05) is 13.1 Å². The first kappa shape index (κ1) is 26.4. The van der Waals surface area contributed by atoms with E-state index in [1.165, 1.54) is 10.9 Å². The Bertz CT molecular complexity index is 1700. The standard InChI is InChI=1S/C29H31ClN8O2/c1-35-27(21-4-2-20(15-31)3-5-21)25-26(34-35)28(39)38(19-33-25)17-29(40)8-11-36(12-9-29)16-22-6-7-23(14-24(22)30)37-13-10-32-18-37/h2-7,10,13-14,18-19,40H,8-9,11-12,15-17,31H2,1H3. The minimum absolute atomic E-state index is 0.167. The summed E-state index contributed by atoms with van der Waals surface area (Å²) in [5.74, 6) is 0. The smallest absolute Gasteiger partial charge is 0.281 e. The van der Waals surface area contributed by atoms with E-state index in [9.17, 15) is 9.90 Å². The van der Waals surface area contributed by atoms with Crippen molar-refractivity contribution in [2.45, 2.75) is 38.1 Å². The van der Waals surface area contributed by atoms with Gasteiger partial charge in [-0.15, -0.1) is 0 Å². The minimum Gasteiger partial charge on any atom is -0.388 e. The zero-order valence-corrected chi connectivity index (χ0v) is 23.0. The van der Waals surface area contributed by atoms with Crippen LogP contribution in [-0.2, 0) is 26.7 Å². The van der Waals surface area contributed by atoms with Crippen molar-refractivity contribution >= 4 is 22.6 Å². The molecule has 10 nitrogen and oxygen atoms in total. The van der Waals surface area contributed by atoms with Gasteiger partial charge < -0.3 is 15.4 Å². The Hall–Kier alpha value is -3.83. The fourth-order valence-electron chi connectivity index (χ4n) is 5.41. The second-order valence-electron chi connectivity index (χ2n) is 10.5. The van der Waals surface area contributed by atoms with E-state index in [0.29, 0.717) is 49.6 Å². The van der Waals surface area contributed by atoms with E-state index in [-0.39, 0.29) is 17.6 Å². The van der Waals surface area contributed by atoms with E-state index in [0.717, 1.165) is 28.1 Å². The molecule has 0 aliphatic carbocycles. The number of fused-ring (bicyclic) bond motifs is 1. The Morgan fingerprint density at radius 1 is 1.07 bits per heavy atom. The number of hydrogen-bond donors (Lipinski definition) is 2. The zero-order chi connectivity index (χ0) is 27.9. The van der Waals surface area contributed by atoms with E-state index in [1.54, 1.807) is 24.3 Å². The first-order chi connectivity index (χ1) is 19.3. The van der Waals surface area contributed by atoms with Gasteiger partial charge in [0.25, 0.3) is 5.56 Å². The van der Waals surface area contributed by atoms with Crippen LogP contribution in [0.25, 0.3) is 28.0 Å². The number of nitrogens with two attached hydrogens (primary N) is 1. The lowest BCUT2D eigenvalue weighted by Crippen LogP contribution is -2.47. The van der Waals surface area contributed by atoms with Gasteiger partial charge in [0.15, 0.2) is 5.52 Å². The molecule has 0 amide bonds. The van der Waals surface area contributed by atoms with E-state index in [1.807, 2.05) is 53.2 Å². The van der Waals surface area contributed by atoms with Crippen molar-refractivity contribution < 1.29 is 5.11 Å². The molecule has 1 fully saturated rings. The molecule has 0 unspecified atom stereocenters. The normalized spacial score (nSPS) is 15.6. The van der Waals surface area contributed by atoms with Gasteiger partial charge in [0.1, 0.15) is 5.52 Å². The summed E-state index contributed by atoms with van der Waals surface area (Å²) in [5.41, 5.74) is 9.98. The summed E-state index contributed by atoms with van der Waals surface area (Å²) in [6, 6.07) is 13.8. The monoisotopic (exact) mass is 558 g/mol. The topological polar surface area (TPSA) is 120 Å². The number of aliphatic hydroxyl groups is 1. The highest BCUT2D eigenvalue weighted by Gasteiger charge is 2.33. The molecule has 0 spiro atoms. The van der Waals surface area contributed by atoms with Crippen LogP contribution in [0.3, 0.4) is 0 Å². The molecule has 1 aliphatic rings. The van der Waals surface area contributed by atoms with Crippen molar-refractivity contribution in [3.8, 4) is 16.9 Å². The molecule has 3 N–H and O–H groups in total. The number of aryl methyl sites for hydroxylation is 1. The largest absolute Gasteiger partial charge is 0.388 e. The Kier molecular flexibility index (Phi) is 7.01. The number of rotatable bonds is 7. The van der Waals surface area contributed by atoms with Crippen LogP contribution in [0.2, 0.25) is 5.02 Å². The molecule has 40 heavy (non-hydrogen) atoms. The van der Waals surface area contributed by atoms with Gasteiger partial charge in [0.05, 0.1) is 30.5 Å². The third kappa shape index (κ3) is 5.06. The Morgan fingerprint density at radius 2 is 1.85 bits per heavy atom. The SMILES string of the molecule is Cn1nc2c(=O)n(CC3(O)CCN(Cc4ccc(-n5ccnc5)cc4Cl)CC3)cnc2c1-c1ccc(CN)cc1. The Balaban J connectivity index is 1.14. The van der Waals surface area contributed by atoms with Crippen LogP contribution in [0.4, 0.5) is 0 Å². The van der Waals surface area contributed by atoms with Crippen molar-refractivity contribution in [3.63, 3.8) is 0 Å². The van der Waals surface area contributed by atoms with Crippen LogP contribution in [0.1, 0.15) is 24.0 Å². The molecule has 2 aromatic carbocycles. The van der Waals surface area contributed by atoms with Crippen molar-refractivity contribution in [1.29, 1.82) is 0 Å². The lowest BCUT2D eigenvalue weighted by molar-refractivity contribution is -0.0364. The number of hydrogen-bond acceptors (Lipinski definition) is 7. The molecular formula is C29H31ClN8O2. The summed E-state index contributed by atoms with van der Waals surface area (Å²) in [7, 11) is 1.80. The molecule has 1 saturated heterocycles. The summed E-state index contributed by atoms with van der Waals surface area (Å²) in [6.45, 7) is 2.69. The fourth-order valence-corrected chi connectivity index (χ4v) is 5.64. The molecule has 206 valence electrons. The second-order valence-corrected chi connectivity index (χ2v) is 10.9. The highest BCUT2D eigenvalue weighted by Crippen LogP contribution is 2.29. The minimum atomic E-state index is -1.01. The highest BCUT2D eigenvalue weighted by molar-refractivity contribution is 6.31. The van der Waals surface area contributed by atoms with Crippen LogP contribution in [-0.4, -0.2) is 57.6 Å². The Morgan fingerprint density at radius 3 is 2.52 bits per heavy atom. The third-order valence-electron chi connectivity index (χ3n) is 7.76. The van der Waals surface area contributed by atoms with Crippen molar-refractivity contribution in [2.24, 2.45) is 12.8 Å². The predicted molar refractivity (Wildman–Crippen MR) is 154 cm³/mol. The average molecular weight is 559 g/mol. The molecule has 1 aliphatic heterocycles. The van der Waals surface area contributed by atoms with Gasteiger partial charge >= 0.3 is 0 Å². The number of halogens is 1. The lowest BCUT2D eigenvalue weighted by Gasteiger charge is -2.38. The van der Waals surface area contributed by atoms with Crippen molar-refractivity contribution in [1.82, 2.24) is 33.8 Å². The number of aromatic nitrogens is 6. The molecule has 0 atom stereocenters. The molecule has 6 rings (SSSR count). The number of likely N-dealkylation sites (tertiary alicyclic amines) is 1. The van der Waals surface area contributed by atoms with Crippen LogP contribution in [0.5, 0.6) is 0 Å². The maximum atomic E-state index is 13.4. The van der Waals surface area contributed by atoms with Crippen molar-refractivity contribution in [3.05, 3.63) is 94.0 Å². The van der Waals surface area contributed by atoms with E-state index in [2.05, 4.69) is 20.0 Å². The third-order valence-corrected chi connectivity index (χ3v) is 8.11. The number of piperidine rings is 1. The molecule has 0 bridgehead atoms. The molecule has 4 heterocycles. The van der Waals surface area contributed by atoms with Gasteiger partial charge in [-0.2, -0.15) is 5.10 Å². The molecule has 3 aromatic heterocycles. The van der Waals surface area contributed by atoms with Crippen LogP contribution < -0.4 is 11.3 Å². The van der Waals surface area contributed by atoms with Crippen LogP contribution in [0, 0.1) is 0 Å². The molecule has 0 radical (unpaired) electrons. The van der Waals surface area contributed by atoms with E-state index < -0.39 is 5.60 Å². The highest BCUT2D eigenvalue weighted by atomic mass is 35.5. The number of nitrogens with zero attached hydrogens (tertiary/aromatic N) is 7. The van der Waals surface area contributed by atoms with Gasteiger partial charge in [-0.1, -0.05) is 41.9 Å². The van der Waals surface area contributed by atoms with Gasteiger partial charge in [-0.05, 0) is 36.1 Å². The molecule has 0 saturated carbocycles. The van der Waals surface area contributed by atoms with Gasteiger partial charge in [0, 0.05) is 61.9 Å². The van der Waals surface area contributed by atoms with E-state index in [4.69, 9.17) is 17.3 Å². The van der Waals surface area contributed by atoms with Gasteiger partial charge in [-0.25, -0.2) is 9.97 Å². The number of imidazole rings is 1. The first-order valence-electron chi connectivity index (χ1n) is 13.3. The summed E-state index contributed by atoms with van der Waals surface area (Å²) < 4.78 is 5.08. The maximum Gasteiger partial charge on any atom is 0.281 e. The lowest BCUT2D eigenvalue weighted by atomic mass is 9.91. The zero-order valence-electron chi connectivity index (χ0n) is 22.2. The van der Waals surface area contributed by atoms with E-state index >= 15 is 0 Å². The fraction of sp³-hybridized carbons (Fsp3) is 0.310. The predicted octanol–water partition coefficient (Wildman–Crippen LogP) is 3.12. The van der Waals surface area contributed by atoms with Gasteiger partial charge in [-0.3, -0.25) is 18.9 Å². The quantitative estimate of drug-likeness (QED) is 0.315. The molecule has 5 aromatic rings. The number of benzene rings is 2. The molecular weight excluding hydrogens is 528 g/mol. The molecule has 11 heteroatoms. The summed E-state index contributed by atoms with van der Waals surface area (Å²) in [6.07, 6.45) is 7.94. The second kappa shape index (κ2) is 10.6.